The molecule has 2 aliphatic carbocycles. The van der Waals surface area contributed by atoms with Crippen LogP contribution in [0.1, 0.15) is 65.2 Å². The lowest BCUT2D eigenvalue weighted by Gasteiger charge is -2.19. The molecule has 0 spiro atoms. The van der Waals surface area contributed by atoms with Crippen molar-refractivity contribution in [1.29, 1.82) is 0 Å². The van der Waals surface area contributed by atoms with Crippen molar-refractivity contribution >= 4 is 29.3 Å². The molecule has 0 saturated heterocycles. The quantitative estimate of drug-likeness (QED) is 0.0394. The molecule has 13 heteroatoms. The van der Waals surface area contributed by atoms with Gasteiger partial charge in [0, 0.05) is 11.8 Å². The molecule has 0 amide bonds. The fourth-order valence-corrected chi connectivity index (χ4v) is 7.44. The minimum Gasteiger partial charge on any atom is -0.461 e. The van der Waals surface area contributed by atoms with E-state index in [4.69, 9.17) is 25.7 Å². The standard InChI is InChI=1S/C43H27F5N2O6/c44-33-34(45)36(47)40(37(48)35(33)46)56-42(52)28-17-29(41(51)54-18-30-24-13-5-1-9-20(24)21-10-2-6-14-25(21)30)38(49)39(50)32(28)43(53)55-19-31-26-15-7-3-11-22(26)23-12-4-8-16-27(23)31/h1-17,30-31H,18-19,49-50H2. The van der Waals surface area contributed by atoms with Crippen LogP contribution in [-0.4, -0.2) is 31.1 Å². The molecule has 8 nitrogen and oxygen atoms in total. The SMILES string of the molecule is Nc1c(C(=O)OCC2c3ccccc3-c3ccccc32)cc(C(=O)Oc2c(F)c(F)c(F)c(F)c2F)c(C(=O)OCC2c3ccccc3-c3ccccc32)c1N. The molecule has 0 bridgehead atoms. The summed E-state index contributed by atoms with van der Waals surface area (Å²) < 4.78 is 87.4. The first-order valence-corrected chi connectivity index (χ1v) is 17.1. The van der Waals surface area contributed by atoms with Crippen LogP contribution in [0.3, 0.4) is 0 Å². The van der Waals surface area contributed by atoms with Crippen LogP contribution in [0, 0.1) is 29.1 Å². The van der Waals surface area contributed by atoms with Crippen molar-refractivity contribution in [1.82, 2.24) is 0 Å². The van der Waals surface area contributed by atoms with Crippen LogP contribution < -0.4 is 16.2 Å². The largest absolute Gasteiger partial charge is 0.461 e. The summed E-state index contributed by atoms with van der Waals surface area (Å²) in [6, 6.07) is 30.6. The number of carbonyl (C=O) groups excluding carboxylic acids is 3. The molecule has 0 aliphatic heterocycles. The van der Waals surface area contributed by atoms with Crippen molar-refractivity contribution in [3.8, 4) is 28.0 Å². The molecule has 6 aromatic carbocycles. The number of ether oxygens (including phenoxy) is 3. The van der Waals surface area contributed by atoms with Gasteiger partial charge in [0.05, 0.1) is 28.1 Å². The van der Waals surface area contributed by atoms with Crippen molar-refractivity contribution in [3.63, 3.8) is 0 Å². The Bertz CT molecular complexity index is 2530. The third-order valence-corrected chi connectivity index (χ3v) is 10.1. The number of nitrogen functional groups attached to an aromatic ring is 2. The molecular weight excluding hydrogens is 735 g/mol. The summed E-state index contributed by atoms with van der Waals surface area (Å²) in [5.74, 6) is -19.2. The average molecular weight is 763 g/mol. The molecule has 0 heterocycles. The predicted molar refractivity (Wildman–Crippen MR) is 194 cm³/mol. The molecule has 2 aliphatic rings. The van der Waals surface area contributed by atoms with Crippen molar-refractivity contribution < 1.29 is 50.5 Å². The Hall–Kier alpha value is -7.02. The first-order chi connectivity index (χ1) is 27.0. The van der Waals surface area contributed by atoms with Crippen molar-refractivity contribution in [3.05, 3.63) is 171 Å². The highest BCUT2D eigenvalue weighted by molar-refractivity contribution is 6.13. The molecule has 0 saturated carbocycles. The summed E-state index contributed by atoms with van der Waals surface area (Å²) in [6.45, 7) is -0.489. The monoisotopic (exact) mass is 762 g/mol. The second kappa shape index (κ2) is 14.0. The van der Waals surface area contributed by atoms with Crippen molar-refractivity contribution in [2.45, 2.75) is 11.8 Å². The van der Waals surface area contributed by atoms with E-state index in [0.29, 0.717) is 0 Å². The van der Waals surface area contributed by atoms with Crippen LogP contribution in [0.5, 0.6) is 5.75 Å². The van der Waals surface area contributed by atoms with Gasteiger partial charge in [-0.3, -0.25) is 0 Å². The number of carbonyl (C=O) groups is 3. The van der Waals surface area contributed by atoms with Gasteiger partial charge in [0.15, 0.2) is 0 Å². The van der Waals surface area contributed by atoms with E-state index in [1.807, 2.05) is 97.1 Å². The number of halogens is 5. The third kappa shape index (κ3) is 5.79. The maximum Gasteiger partial charge on any atom is 0.344 e. The molecule has 0 fully saturated rings. The highest BCUT2D eigenvalue weighted by Crippen LogP contribution is 2.46. The van der Waals surface area contributed by atoms with Gasteiger partial charge in [0.1, 0.15) is 13.2 Å². The van der Waals surface area contributed by atoms with Gasteiger partial charge in [-0.2, -0.15) is 8.78 Å². The summed E-state index contributed by atoms with van der Waals surface area (Å²) >= 11 is 0. The number of anilines is 2. The van der Waals surface area contributed by atoms with Gasteiger partial charge >= 0.3 is 17.9 Å². The lowest BCUT2D eigenvalue weighted by Crippen LogP contribution is -2.23. The fourth-order valence-electron chi connectivity index (χ4n) is 7.44. The molecule has 0 atom stereocenters. The van der Waals surface area contributed by atoms with Gasteiger partial charge < -0.3 is 25.7 Å². The topological polar surface area (TPSA) is 131 Å². The summed E-state index contributed by atoms with van der Waals surface area (Å²) in [7, 11) is 0. The first kappa shape index (κ1) is 36.0. The van der Waals surface area contributed by atoms with Crippen LogP contribution in [0.25, 0.3) is 22.3 Å². The Morgan fingerprint density at radius 3 is 1.29 bits per heavy atom. The molecular formula is C43H27F5N2O6. The normalized spacial score (nSPS) is 12.7. The maximum absolute atomic E-state index is 14.7. The van der Waals surface area contributed by atoms with Crippen LogP contribution in [0.15, 0.2) is 103 Å². The Labute approximate surface area is 315 Å². The Morgan fingerprint density at radius 1 is 0.482 bits per heavy atom. The number of fused-ring (bicyclic) bond motifs is 6. The van der Waals surface area contributed by atoms with Gasteiger partial charge in [-0.05, 0) is 50.6 Å². The van der Waals surface area contributed by atoms with Crippen LogP contribution in [0.2, 0.25) is 0 Å². The molecule has 0 unspecified atom stereocenters. The van der Waals surface area contributed by atoms with E-state index in [1.165, 1.54) is 0 Å². The highest BCUT2D eigenvalue weighted by Gasteiger charge is 2.35. The average Bonchev–Trinajstić information content (AvgIpc) is 3.72. The second-order valence-electron chi connectivity index (χ2n) is 13.1. The molecule has 6 aromatic rings. The second-order valence-corrected chi connectivity index (χ2v) is 13.1. The number of esters is 3. The molecule has 56 heavy (non-hydrogen) atoms. The molecule has 8 rings (SSSR count). The van der Waals surface area contributed by atoms with Crippen LogP contribution in [-0.2, 0) is 9.47 Å². The number of benzene rings is 6. The fraction of sp³-hybridized carbons (Fsp3) is 0.0930. The Kier molecular flexibility index (Phi) is 8.99. The van der Waals surface area contributed by atoms with Gasteiger partial charge in [0.2, 0.25) is 34.8 Å². The molecule has 0 radical (unpaired) electrons. The van der Waals surface area contributed by atoms with E-state index < -0.39 is 92.6 Å². The summed E-state index contributed by atoms with van der Waals surface area (Å²) in [5, 5.41) is 0. The summed E-state index contributed by atoms with van der Waals surface area (Å²) in [4.78, 5) is 41.2. The number of nitrogens with two attached hydrogens (primary N) is 2. The maximum atomic E-state index is 14.7. The van der Waals surface area contributed by atoms with Gasteiger partial charge in [-0.25, -0.2) is 27.6 Å². The Balaban J connectivity index is 1.14. The van der Waals surface area contributed by atoms with E-state index in [0.717, 1.165) is 50.6 Å². The zero-order valence-corrected chi connectivity index (χ0v) is 28.9. The summed E-state index contributed by atoms with van der Waals surface area (Å²) in [5.41, 5.74) is 16.3. The van der Waals surface area contributed by atoms with E-state index in [9.17, 15) is 36.3 Å². The van der Waals surface area contributed by atoms with Crippen LogP contribution >= 0.6 is 0 Å². The first-order valence-electron chi connectivity index (χ1n) is 17.1. The Morgan fingerprint density at radius 2 is 0.857 bits per heavy atom. The van der Waals surface area contributed by atoms with E-state index in [1.54, 1.807) is 0 Å². The van der Waals surface area contributed by atoms with Crippen LogP contribution in [0.4, 0.5) is 33.3 Å². The minimum absolute atomic E-state index is 0.204. The lowest BCUT2D eigenvalue weighted by molar-refractivity contribution is 0.0476. The van der Waals surface area contributed by atoms with Crippen molar-refractivity contribution in [2.24, 2.45) is 0 Å². The lowest BCUT2D eigenvalue weighted by atomic mass is 9.97. The van der Waals surface area contributed by atoms with Gasteiger partial charge in [-0.1, -0.05) is 97.1 Å². The highest BCUT2D eigenvalue weighted by atomic mass is 19.2. The zero-order valence-electron chi connectivity index (χ0n) is 28.9. The number of hydrogen-bond donors (Lipinski definition) is 2. The van der Waals surface area contributed by atoms with Gasteiger partial charge in [-0.15, -0.1) is 0 Å². The number of hydrogen-bond acceptors (Lipinski definition) is 8. The predicted octanol–water partition coefficient (Wildman–Crippen LogP) is 8.70. The third-order valence-electron chi connectivity index (χ3n) is 10.1. The van der Waals surface area contributed by atoms with E-state index in [-0.39, 0.29) is 13.2 Å². The molecule has 280 valence electrons. The number of rotatable bonds is 8. The van der Waals surface area contributed by atoms with Crippen molar-refractivity contribution in [2.75, 3.05) is 24.7 Å². The summed E-state index contributed by atoms with van der Waals surface area (Å²) in [6.07, 6.45) is 0. The smallest absolute Gasteiger partial charge is 0.344 e. The van der Waals surface area contributed by atoms with Gasteiger partial charge in [0.25, 0.3) is 0 Å². The van der Waals surface area contributed by atoms with E-state index >= 15 is 0 Å². The molecule has 0 aromatic heterocycles. The molecule has 4 N–H and O–H groups in total. The minimum atomic E-state index is -2.49. The van der Waals surface area contributed by atoms with E-state index in [2.05, 4.69) is 0 Å². The zero-order chi connectivity index (χ0) is 39.4.